The van der Waals surface area contributed by atoms with E-state index in [1.807, 2.05) is 43.3 Å². The Bertz CT molecular complexity index is 1290. The molecule has 0 aliphatic heterocycles. The molecule has 0 unspecified atom stereocenters. The predicted octanol–water partition coefficient (Wildman–Crippen LogP) is 8.49. The van der Waals surface area contributed by atoms with Crippen LogP contribution >= 0.6 is 46.1 Å². The molecule has 0 saturated heterocycles. The van der Waals surface area contributed by atoms with E-state index in [4.69, 9.17) is 34.8 Å². The van der Waals surface area contributed by atoms with E-state index in [9.17, 15) is 4.79 Å². The van der Waals surface area contributed by atoms with Gasteiger partial charge in [0.05, 0.1) is 9.90 Å². The van der Waals surface area contributed by atoms with Gasteiger partial charge in [-0.3, -0.25) is 4.79 Å². The number of carbonyl (C=O) groups is 1. The third-order valence-corrected chi connectivity index (χ3v) is 10.8. The average molecular weight is 574 g/mol. The maximum atomic E-state index is 13.4. The normalized spacial score (nSPS) is 26.0. The number of hydrogen-bond donors (Lipinski definition) is 2. The fourth-order valence-corrected chi connectivity index (χ4v) is 9.28. The Kier molecular flexibility index (Phi) is 7.32. The van der Waals surface area contributed by atoms with Crippen LogP contribution in [0.25, 0.3) is 21.6 Å². The Morgan fingerprint density at radius 3 is 2.19 bits per heavy atom. The lowest BCUT2D eigenvalue weighted by atomic mass is 9.54. The second-order valence-corrected chi connectivity index (χ2v) is 13.4. The molecule has 4 aliphatic rings. The maximum absolute atomic E-state index is 13.4. The van der Waals surface area contributed by atoms with Crippen molar-refractivity contribution in [3.63, 3.8) is 0 Å². The molecule has 4 fully saturated rings. The molecule has 194 valence electrons. The van der Waals surface area contributed by atoms with Crippen molar-refractivity contribution in [2.45, 2.75) is 45.1 Å². The zero-order valence-corrected chi connectivity index (χ0v) is 23.9. The van der Waals surface area contributed by atoms with E-state index in [1.165, 1.54) is 43.4 Å². The van der Waals surface area contributed by atoms with Gasteiger partial charge in [0.15, 0.2) is 0 Å². The second-order valence-electron chi connectivity index (χ2n) is 11.1. The van der Waals surface area contributed by atoms with E-state index in [0.717, 1.165) is 57.3 Å². The summed E-state index contributed by atoms with van der Waals surface area (Å²) in [4.78, 5) is 15.0. The summed E-state index contributed by atoms with van der Waals surface area (Å²) in [6.45, 7) is 3.44. The van der Waals surface area contributed by atoms with E-state index < -0.39 is 0 Å². The van der Waals surface area contributed by atoms with E-state index in [2.05, 4.69) is 10.6 Å². The maximum Gasteiger partial charge on any atom is 0.261 e. The summed E-state index contributed by atoms with van der Waals surface area (Å²) in [6, 6.07) is 13.8. The molecule has 3 nitrogen and oxygen atoms in total. The zero-order valence-electron chi connectivity index (χ0n) is 20.8. The lowest BCUT2D eigenvalue weighted by Crippen LogP contribution is -2.55. The first kappa shape index (κ1) is 25.7. The average Bonchev–Trinajstić information content (AvgIpc) is 3.20. The summed E-state index contributed by atoms with van der Waals surface area (Å²) in [5, 5.41) is 8.81. The van der Waals surface area contributed by atoms with Crippen molar-refractivity contribution in [3.8, 4) is 21.6 Å². The van der Waals surface area contributed by atoms with E-state index in [-0.39, 0.29) is 5.91 Å². The van der Waals surface area contributed by atoms with Crippen molar-refractivity contribution in [2.75, 3.05) is 13.1 Å². The first-order valence-electron chi connectivity index (χ1n) is 13.2. The Morgan fingerprint density at radius 2 is 1.54 bits per heavy atom. The van der Waals surface area contributed by atoms with Gasteiger partial charge in [0.1, 0.15) is 0 Å². The second kappa shape index (κ2) is 10.5. The Morgan fingerprint density at radius 1 is 0.892 bits per heavy atom. The molecule has 1 heterocycles. The lowest BCUT2D eigenvalue weighted by molar-refractivity contribution is -0.0133. The zero-order chi connectivity index (χ0) is 25.7. The number of thiophene rings is 1. The highest BCUT2D eigenvalue weighted by Crippen LogP contribution is 2.53. The van der Waals surface area contributed by atoms with Gasteiger partial charge in [0.2, 0.25) is 0 Å². The molecular weight excluding hydrogens is 543 g/mol. The number of carbonyl (C=O) groups excluding carboxylic acids is 1. The number of nitrogens with one attached hydrogen (secondary N) is 2. The molecule has 7 heteroatoms. The minimum absolute atomic E-state index is 0.0408. The van der Waals surface area contributed by atoms with Crippen molar-refractivity contribution in [1.82, 2.24) is 10.6 Å². The van der Waals surface area contributed by atoms with E-state index >= 15 is 0 Å². The Balaban J connectivity index is 1.19. The monoisotopic (exact) mass is 572 g/mol. The van der Waals surface area contributed by atoms with Gasteiger partial charge in [0, 0.05) is 45.2 Å². The van der Waals surface area contributed by atoms with Crippen molar-refractivity contribution in [3.05, 3.63) is 68.0 Å². The molecular formula is C30H31Cl3N2OS. The van der Waals surface area contributed by atoms with Gasteiger partial charge >= 0.3 is 0 Å². The molecule has 2 N–H and O–H groups in total. The van der Waals surface area contributed by atoms with Crippen molar-refractivity contribution < 1.29 is 4.79 Å². The molecule has 0 spiro atoms. The summed E-state index contributed by atoms with van der Waals surface area (Å²) in [7, 11) is 0. The van der Waals surface area contributed by atoms with Gasteiger partial charge in [-0.25, -0.2) is 0 Å². The van der Waals surface area contributed by atoms with Crippen LogP contribution in [0, 0.1) is 30.6 Å². The standard InChI is InChI=1S/C30H31Cl3N2OS/c1-16-26(19-2-4-22(31)5-3-19)29(24-7-6-23(32)15-25(24)33)37-28(16)30(36)35-9-8-34-27-20-11-17-10-18(13-20)14-21(27)12-17/h2-7,15,17-18,20-21,27,34H,8-14H2,1H3,(H,35,36). The molecule has 4 saturated carbocycles. The fraction of sp³-hybridized carbons (Fsp3) is 0.433. The fourth-order valence-electron chi connectivity index (χ4n) is 7.31. The summed E-state index contributed by atoms with van der Waals surface area (Å²) in [6.07, 6.45) is 7.06. The van der Waals surface area contributed by atoms with Crippen LogP contribution in [0.15, 0.2) is 42.5 Å². The Labute approximate surface area is 237 Å². The molecule has 1 aromatic heterocycles. The van der Waals surface area contributed by atoms with Crippen LogP contribution in [-0.2, 0) is 0 Å². The molecule has 0 radical (unpaired) electrons. The first-order valence-corrected chi connectivity index (χ1v) is 15.2. The molecule has 4 bridgehead atoms. The summed E-state index contributed by atoms with van der Waals surface area (Å²) in [5.74, 6) is 3.57. The Hall–Kier alpha value is -1.56. The molecule has 1 amide bonds. The minimum Gasteiger partial charge on any atom is -0.350 e. The van der Waals surface area contributed by atoms with Gasteiger partial charge in [-0.2, -0.15) is 0 Å². The van der Waals surface area contributed by atoms with Crippen LogP contribution in [0.1, 0.15) is 47.3 Å². The summed E-state index contributed by atoms with van der Waals surface area (Å²) < 4.78 is 0. The highest BCUT2D eigenvalue weighted by Gasteiger charge is 2.47. The lowest BCUT2D eigenvalue weighted by Gasteiger charge is -2.54. The third kappa shape index (κ3) is 5.08. The molecule has 3 aromatic rings. The highest BCUT2D eigenvalue weighted by molar-refractivity contribution is 7.18. The number of rotatable bonds is 7. The van der Waals surface area contributed by atoms with Gasteiger partial charge in [0.25, 0.3) is 5.91 Å². The number of hydrogen-bond acceptors (Lipinski definition) is 3. The molecule has 2 aromatic carbocycles. The predicted molar refractivity (Wildman–Crippen MR) is 156 cm³/mol. The van der Waals surface area contributed by atoms with E-state index in [1.54, 1.807) is 6.07 Å². The molecule has 4 aliphatic carbocycles. The molecule has 37 heavy (non-hydrogen) atoms. The third-order valence-electron chi connectivity index (χ3n) is 8.68. The molecule has 0 atom stereocenters. The van der Waals surface area contributed by atoms with Crippen LogP contribution in [-0.4, -0.2) is 25.0 Å². The van der Waals surface area contributed by atoms with Gasteiger partial charge in [-0.05, 0) is 98.1 Å². The smallest absolute Gasteiger partial charge is 0.261 e. The number of amides is 1. The SMILES string of the molecule is Cc1c(C(=O)NCCNC2C3CC4CC(C3)CC2C4)sc(-c2ccc(Cl)cc2Cl)c1-c1ccc(Cl)cc1. The number of benzene rings is 2. The molecule has 7 rings (SSSR count). The topological polar surface area (TPSA) is 41.1 Å². The van der Waals surface area contributed by atoms with Crippen LogP contribution in [0.2, 0.25) is 15.1 Å². The van der Waals surface area contributed by atoms with Crippen LogP contribution in [0.3, 0.4) is 0 Å². The van der Waals surface area contributed by atoms with E-state index in [0.29, 0.717) is 32.5 Å². The van der Waals surface area contributed by atoms with Gasteiger partial charge in [-0.1, -0.05) is 53.0 Å². The van der Waals surface area contributed by atoms with Crippen molar-refractivity contribution in [1.29, 1.82) is 0 Å². The highest BCUT2D eigenvalue weighted by atomic mass is 35.5. The minimum atomic E-state index is -0.0408. The largest absolute Gasteiger partial charge is 0.350 e. The quantitative estimate of drug-likeness (QED) is 0.278. The van der Waals surface area contributed by atoms with Gasteiger partial charge < -0.3 is 10.6 Å². The van der Waals surface area contributed by atoms with Crippen LogP contribution in [0.4, 0.5) is 0 Å². The van der Waals surface area contributed by atoms with Gasteiger partial charge in [-0.15, -0.1) is 11.3 Å². The number of halogens is 3. The van der Waals surface area contributed by atoms with Crippen molar-refractivity contribution >= 4 is 52.0 Å². The summed E-state index contributed by atoms with van der Waals surface area (Å²) >= 11 is 20.4. The summed E-state index contributed by atoms with van der Waals surface area (Å²) in [5.41, 5.74) is 3.82. The first-order chi connectivity index (χ1) is 17.9. The van der Waals surface area contributed by atoms with Crippen molar-refractivity contribution in [2.24, 2.45) is 23.7 Å². The van der Waals surface area contributed by atoms with Crippen LogP contribution < -0.4 is 10.6 Å². The van der Waals surface area contributed by atoms with Crippen LogP contribution in [0.5, 0.6) is 0 Å².